The Balaban J connectivity index is 1.86. The average Bonchev–Trinajstić information content (AvgIpc) is 2.60. The Morgan fingerprint density at radius 2 is 2.16 bits per heavy atom. The summed E-state index contributed by atoms with van der Waals surface area (Å²) in [5.74, 6) is -1.96. The van der Waals surface area contributed by atoms with Crippen molar-refractivity contribution < 1.29 is 23.5 Å². The first-order valence-electron chi connectivity index (χ1n) is 8.46. The lowest BCUT2D eigenvalue weighted by molar-refractivity contribution is -0.145. The fourth-order valence-electron chi connectivity index (χ4n) is 3.64. The van der Waals surface area contributed by atoms with Crippen molar-refractivity contribution in [2.75, 3.05) is 19.0 Å². The quantitative estimate of drug-likeness (QED) is 0.850. The second-order valence-corrected chi connectivity index (χ2v) is 6.50. The topological polar surface area (TPSA) is 75.7 Å². The lowest BCUT2D eigenvalue weighted by Crippen LogP contribution is -2.48. The van der Waals surface area contributed by atoms with Crippen molar-refractivity contribution in [3.05, 3.63) is 29.6 Å². The van der Waals surface area contributed by atoms with Crippen LogP contribution in [0.15, 0.2) is 18.2 Å². The van der Waals surface area contributed by atoms with Gasteiger partial charge >= 0.3 is 5.97 Å². The number of likely N-dealkylation sites (tertiary alicyclic amines) is 1. The molecule has 134 valence electrons. The number of hydrogen-bond acceptors (Lipinski definition) is 4. The number of nitrogens with one attached hydrogen (secondary N) is 1. The van der Waals surface area contributed by atoms with E-state index in [4.69, 9.17) is 4.74 Å². The first kappa shape index (κ1) is 17.4. The number of hydrogen-bond donors (Lipinski definition) is 1. The molecule has 0 spiro atoms. The van der Waals surface area contributed by atoms with Crippen molar-refractivity contribution in [3.63, 3.8) is 0 Å². The molecule has 2 aliphatic heterocycles. The van der Waals surface area contributed by atoms with Crippen LogP contribution in [0.25, 0.3) is 0 Å². The Hall–Kier alpha value is -2.44. The summed E-state index contributed by atoms with van der Waals surface area (Å²) < 4.78 is 18.2. The summed E-state index contributed by atoms with van der Waals surface area (Å²) in [6.45, 7) is 0.551. The molecule has 1 aromatic rings. The molecule has 2 atom stereocenters. The third-order valence-electron chi connectivity index (χ3n) is 4.89. The van der Waals surface area contributed by atoms with Gasteiger partial charge in [0, 0.05) is 24.7 Å². The fraction of sp³-hybridized carbons (Fsp3) is 0.500. The van der Waals surface area contributed by atoms with E-state index in [9.17, 15) is 18.8 Å². The molecule has 2 unspecified atom stereocenters. The third kappa shape index (κ3) is 3.65. The number of fused-ring (bicyclic) bond motifs is 1. The third-order valence-corrected chi connectivity index (χ3v) is 4.89. The summed E-state index contributed by atoms with van der Waals surface area (Å²) >= 11 is 0. The van der Waals surface area contributed by atoms with Gasteiger partial charge in [0.15, 0.2) is 0 Å². The second-order valence-electron chi connectivity index (χ2n) is 6.50. The van der Waals surface area contributed by atoms with E-state index in [0.29, 0.717) is 17.8 Å². The SMILES string of the molecule is COC(=O)CC1CCCCN1C(=O)C1CC(=O)Nc2cc(F)ccc21. The maximum absolute atomic E-state index is 13.5. The van der Waals surface area contributed by atoms with E-state index < -0.39 is 11.7 Å². The van der Waals surface area contributed by atoms with Gasteiger partial charge in [-0.2, -0.15) is 0 Å². The molecule has 7 heteroatoms. The predicted octanol–water partition coefficient (Wildman–Crippen LogP) is 2.20. The zero-order valence-corrected chi connectivity index (χ0v) is 14.1. The number of carbonyl (C=O) groups excluding carboxylic acids is 3. The van der Waals surface area contributed by atoms with Crippen LogP contribution in [0, 0.1) is 5.82 Å². The molecule has 1 aromatic carbocycles. The van der Waals surface area contributed by atoms with Crippen molar-refractivity contribution in [2.24, 2.45) is 0 Å². The zero-order valence-electron chi connectivity index (χ0n) is 14.1. The largest absolute Gasteiger partial charge is 0.469 e. The smallest absolute Gasteiger partial charge is 0.307 e. The van der Waals surface area contributed by atoms with Crippen LogP contribution >= 0.6 is 0 Å². The summed E-state index contributed by atoms with van der Waals surface area (Å²) in [7, 11) is 1.33. The Bertz CT molecular complexity index is 706. The van der Waals surface area contributed by atoms with Gasteiger partial charge in [0.2, 0.25) is 11.8 Å². The van der Waals surface area contributed by atoms with Gasteiger partial charge in [-0.05, 0) is 37.0 Å². The standard InChI is InChI=1S/C18H21FN2O4/c1-25-17(23)9-12-4-2-3-7-21(12)18(24)14-10-16(22)20-15-8-11(19)5-6-13(14)15/h5-6,8,12,14H,2-4,7,9-10H2,1H3,(H,20,22). The minimum atomic E-state index is -0.650. The highest BCUT2D eigenvalue weighted by molar-refractivity contribution is 6.01. The molecule has 0 radical (unpaired) electrons. The maximum atomic E-state index is 13.5. The van der Waals surface area contributed by atoms with Crippen molar-refractivity contribution in [3.8, 4) is 0 Å². The molecule has 3 rings (SSSR count). The number of benzene rings is 1. The molecule has 1 saturated heterocycles. The summed E-state index contributed by atoms with van der Waals surface area (Å²) in [5.41, 5.74) is 0.963. The molecule has 0 saturated carbocycles. The highest BCUT2D eigenvalue weighted by Crippen LogP contribution is 2.35. The first-order chi connectivity index (χ1) is 12.0. The van der Waals surface area contributed by atoms with Crippen LogP contribution in [0.4, 0.5) is 10.1 Å². The van der Waals surface area contributed by atoms with Gasteiger partial charge in [0.1, 0.15) is 5.82 Å². The average molecular weight is 348 g/mol. The lowest BCUT2D eigenvalue weighted by atomic mass is 9.87. The molecule has 0 aliphatic carbocycles. The molecule has 2 amide bonds. The minimum Gasteiger partial charge on any atom is -0.469 e. The monoisotopic (exact) mass is 348 g/mol. The Kier molecular flexibility index (Phi) is 5.01. The maximum Gasteiger partial charge on any atom is 0.307 e. The number of carbonyl (C=O) groups is 3. The van der Waals surface area contributed by atoms with E-state index in [1.54, 1.807) is 11.0 Å². The summed E-state index contributed by atoms with van der Waals surface area (Å²) in [6.07, 6.45) is 2.71. The number of rotatable bonds is 3. The van der Waals surface area contributed by atoms with E-state index in [0.717, 1.165) is 19.3 Å². The van der Waals surface area contributed by atoms with E-state index in [1.807, 2.05) is 0 Å². The fourth-order valence-corrected chi connectivity index (χ4v) is 3.64. The van der Waals surface area contributed by atoms with Crippen molar-refractivity contribution in [2.45, 2.75) is 44.1 Å². The van der Waals surface area contributed by atoms with Crippen molar-refractivity contribution in [1.29, 1.82) is 0 Å². The number of methoxy groups -OCH3 is 1. The molecule has 0 aromatic heterocycles. The van der Waals surface area contributed by atoms with E-state index in [2.05, 4.69) is 5.32 Å². The first-order valence-corrected chi connectivity index (χ1v) is 8.46. The molecular weight excluding hydrogens is 327 g/mol. The van der Waals surface area contributed by atoms with Gasteiger partial charge in [-0.3, -0.25) is 14.4 Å². The van der Waals surface area contributed by atoms with E-state index in [-0.39, 0.29) is 36.7 Å². The number of anilines is 1. The van der Waals surface area contributed by atoms with E-state index >= 15 is 0 Å². The van der Waals surface area contributed by atoms with Gasteiger partial charge in [0.05, 0.1) is 19.4 Å². The van der Waals surface area contributed by atoms with Gasteiger partial charge in [-0.15, -0.1) is 0 Å². The normalized spacial score (nSPS) is 22.8. The summed E-state index contributed by atoms with van der Waals surface area (Å²) in [6, 6.07) is 3.85. The highest BCUT2D eigenvalue weighted by atomic mass is 19.1. The number of ether oxygens (including phenoxy) is 1. The lowest BCUT2D eigenvalue weighted by Gasteiger charge is -2.38. The number of esters is 1. The number of halogens is 1. The molecule has 25 heavy (non-hydrogen) atoms. The van der Waals surface area contributed by atoms with Crippen molar-refractivity contribution in [1.82, 2.24) is 4.90 Å². The van der Waals surface area contributed by atoms with Gasteiger partial charge in [-0.1, -0.05) is 6.07 Å². The van der Waals surface area contributed by atoms with Crippen molar-refractivity contribution >= 4 is 23.5 Å². The van der Waals surface area contributed by atoms with Crippen LogP contribution in [0.1, 0.15) is 43.6 Å². The van der Waals surface area contributed by atoms with Gasteiger partial charge in [-0.25, -0.2) is 4.39 Å². The van der Waals surface area contributed by atoms with Crippen LogP contribution < -0.4 is 5.32 Å². The number of nitrogens with zero attached hydrogens (tertiary/aromatic N) is 1. The molecule has 0 bridgehead atoms. The number of amides is 2. The van der Waals surface area contributed by atoms with Crippen LogP contribution in [-0.2, 0) is 19.1 Å². The Morgan fingerprint density at radius 3 is 2.92 bits per heavy atom. The minimum absolute atomic E-state index is 0.0267. The second kappa shape index (κ2) is 7.21. The van der Waals surface area contributed by atoms with Crippen LogP contribution in [0.3, 0.4) is 0 Å². The van der Waals surface area contributed by atoms with Crippen LogP contribution in [0.5, 0.6) is 0 Å². The van der Waals surface area contributed by atoms with Crippen LogP contribution in [-0.4, -0.2) is 42.4 Å². The Labute approximate surface area is 145 Å². The Morgan fingerprint density at radius 1 is 1.36 bits per heavy atom. The summed E-state index contributed by atoms with van der Waals surface area (Å²) in [5, 5.41) is 2.62. The van der Waals surface area contributed by atoms with E-state index in [1.165, 1.54) is 19.2 Å². The molecule has 2 aliphatic rings. The molecule has 6 nitrogen and oxygen atoms in total. The molecule has 1 N–H and O–H groups in total. The molecule has 2 heterocycles. The zero-order chi connectivity index (χ0) is 18.0. The summed E-state index contributed by atoms with van der Waals surface area (Å²) in [4.78, 5) is 38.4. The van der Waals surface area contributed by atoms with Gasteiger partial charge < -0.3 is 15.0 Å². The number of piperidine rings is 1. The molecule has 1 fully saturated rings. The molecular formula is C18H21FN2O4. The highest BCUT2D eigenvalue weighted by Gasteiger charge is 2.37. The van der Waals surface area contributed by atoms with Crippen LogP contribution in [0.2, 0.25) is 0 Å². The van der Waals surface area contributed by atoms with Gasteiger partial charge in [0.25, 0.3) is 0 Å². The predicted molar refractivity (Wildman–Crippen MR) is 88.4 cm³/mol.